The zero-order valence-corrected chi connectivity index (χ0v) is 19.1. The average molecular weight is 448 g/mol. The first-order valence-electron chi connectivity index (χ1n) is 12.2. The normalized spacial score (nSPS) is 23.5. The summed E-state index contributed by atoms with van der Waals surface area (Å²) in [5, 5.41) is 3.12. The summed E-state index contributed by atoms with van der Waals surface area (Å²) in [5.74, 6) is -0.472. The molecule has 3 aliphatic rings. The first-order chi connectivity index (χ1) is 16.2. The van der Waals surface area contributed by atoms with Crippen molar-refractivity contribution in [1.29, 1.82) is 0 Å². The Morgan fingerprint density at radius 2 is 1.70 bits per heavy atom. The van der Waals surface area contributed by atoms with Gasteiger partial charge < -0.3 is 19.5 Å². The second kappa shape index (κ2) is 9.70. The molecule has 33 heavy (non-hydrogen) atoms. The predicted molar refractivity (Wildman–Crippen MR) is 128 cm³/mol. The molecule has 1 aliphatic heterocycles. The van der Waals surface area contributed by atoms with Crippen LogP contribution in [0, 0.1) is 5.92 Å². The minimum atomic E-state index is -0.759. The predicted octanol–water partition coefficient (Wildman–Crippen LogP) is 5.79. The van der Waals surface area contributed by atoms with Gasteiger partial charge in [0.05, 0.1) is 19.3 Å². The molecule has 5 heteroatoms. The van der Waals surface area contributed by atoms with Crippen LogP contribution in [0.25, 0.3) is 11.1 Å². The molecule has 5 nitrogen and oxygen atoms in total. The third-order valence-electron chi connectivity index (χ3n) is 7.40. The first kappa shape index (κ1) is 22.2. The third-order valence-corrected chi connectivity index (χ3v) is 7.40. The number of ether oxygens (including phenoxy) is 3. The van der Waals surface area contributed by atoms with Gasteiger partial charge in [-0.25, -0.2) is 4.79 Å². The van der Waals surface area contributed by atoms with E-state index in [1.54, 1.807) is 0 Å². The van der Waals surface area contributed by atoms with Crippen molar-refractivity contribution in [3.05, 3.63) is 72.3 Å². The number of hydrogen-bond donors (Lipinski definition) is 1. The minimum absolute atomic E-state index is 0.0472. The Balaban J connectivity index is 1.28. The van der Waals surface area contributed by atoms with E-state index in [1.165, 1.54) is 22.3 Å². The van der Waals surface area contributed by atoms with Gasteiger partial charge in [0.1, 0.15) is 6.61 Å². The summed E-state index contributed by atoms with van der Waals surface area (Å²) < 4.78 is 18.4. The summed E-state index contributed by atoms with van der Waals surface area (Å²) in [5.41, 5.74) is 4.87. The monoisotopic (exact) mass is 447 g/mol. The highest BCUT2D eigenvalue weighted by atomic mass is 16.7. The zero-order chi connectivity index (χ0) is 22.7. The number of benzene rings is 2. The van der Waals surface area contributed by atoms with E-state index in [2.05, 4.69) is 48.3 Å². The smallest absolute Gasteiger partial charge is 0.407 e. The van der Waals surface area contributed by atoms with Crippen molar-refractivity contribution in [3.8, 4) is 11.1 Å². The maximum atomic E-state index is 13.0. The molecule has 1 spiro atoms. The average Bonchev–Trinajstić information content (AvgIpc) is 3.18. The van der Waals surface area contributed by atoms with Crippen LogP contribution >= 0.6 is 0 Å². The van der Waals surface area contributed by atoms with Gasteiger partial charge in [0, 0.05) is 11.8 Å². The summed E-state index contributed by atoms with van der Waals surface area (Å²) in [4.78, 5) is 13.0. The van der Waals surface area contributed by atoms with Gasteiger partial charge in [0.2, 0.25) is 0 Å². The van der Waals surface area contributed by atoms with Crippen LogP contribution < -0.4 is 5.32 Å². The largest absolute Gasteiger partial charge is 0.449 e. The van der Waals surface area contributed by atoms with Crippen LogP contribution in [0.3, 0.4) is 0 Å². The van der Waals surface area contributed by atoms with Crippen molar-refractivity contribution in [2.45, 2.75) is 56.3 Å². The van der Waals surface area contributed by atoms with Crippen molar-refractivity contribution in [1.82, 2.24) is 5.32 Å². The van der Waals surface area contributed by atoms with Gasteiger partial charge in [-0.15, -0.1) is 6.58 Å². The second-order valence-electron chi connectivity index (χ2n) is 9.29. The number of carbonyl (C=O) groups excluding carboxylic acids is 1. The number of rotatable bonds is 6. The Hall–Kier alpha value is -2.63. The Bertz CT molecular complexity index is 951. The van der Waals surface area contributed by atoms with Crippen molar-refractivity contribution >= 4 is 6.09 Å². The highest BCUT2D eigenvalue weighted by Crippen LogP contribution is 2.45. The van der Waals surface area contributed by atoms with Gasteiger partial charge >= 0.3 is 6.09 Å². The molecule has 2 aliphatic carbocycles. The van der Waals surface area contributed by atoms with Gasteiger partial charge in [0.25, 0.3) is 0 Å². The summed E-state index contributed by atoms with van der Waals surface area (Å²) in [7, 11) is 0. The molecular formula is C28H33NO4. The fraction of sp³-hybridized carbons (Fsp3) is 0.464. The number of nitrogens with one attached hydrogen (secondary N) is 1. The van der Waals surface area contributed by atoms with E-state index in [9.17, 15) is 4.79 Å². The lowest BCUT2D eigenvalue weighted by Crippen LogP contribution is -2.63. The van der Waals surface area contributed by atoms with E-state index in [-0.39, 0.29) is 17.9 Å². The number of alkyl carbamates (subject to hydrolysis) is 1. The Morgan fingerprint density at radius 3 is 2.36 bits per heavy atom. The van der Waals surface area contributed by atoms with E-state index in [1.807, 2.05) is 18.2 Å². The van der Waals surface area contributed by atoms with Crippen LogP contribution in [0.5, 0.6) is 0 Å². The third kappa shape index (κ3) is 4.20. The second-order valence-corrected chi connectivity index (χ2v) is 9.29. The lowest BCUT2D eigenvalue weighted by Gasteiger charge is -2.50. The summed E-state index contributed by atoms with van der Waals surface area (Å²) in [6.07, 6.45) is 7.19. The van der Waals surface area contributed by atoms with E-state index < -0.39 is 11.9 Å². The standard InChI is InChI=1S/C28H33NO4/c1-2-3-10-20-11-8-16-26(28(20)32-17-9-18-33-28)29-27(30)31-19-25-23-14-6-4-12-21(23)22-13-5-7-15-24(22)25/h2,4-7,12-15,20,25-26H,1,3,8-11,16-19H2,(H,29,30)/t20-,26+/m0/s1. The number of fused-ring (bicyclic) bond motifs is 3. The van der Waals surface area contributed by atoms with Crippen molar-refractivity contribution in [2.24, 2.45) is 5.92 Å². The van der Waals surface area contributed by atoms with Crippen LogP contribution in [0.2, 0.25) is 0 Å². The Morgan fingerprint density at radius 1 is 1.03 bits per heavy atom. The molecule has 174 valence electrons. The molecule has 0 bridgehead atoms. The minimum Gasteiger partial charge on any atom is -0.449 e. The fourth-order valence-electron chi connectivity index (χ4n) is 5.88. The lowest BCUT2D eigenvalue weighted by molar-refractivity contribution is -0.316. The van der Waals surface area contributed by atoms with Gasteiger partial charge in [-0.1, -0.05) is 61.0 Å². The van der Waals surface area contributed by atoms with Crippen LogP contribution in [-0.4, -0.2) is 37.7 Å². The summed E-state index contributed by atoms with van der Waals surface area (Å²) in [6.45, 7) is 5.50. The molecule has 0 radical (unpaired) electrons. The van der Waals surface area contributed by atoms with E-state index in [4.69, 9.17) is 14.2 Å². The first-order valence-corrected chi connectivity index (χ1v) is 12.2. The van der Waals surface area contributed by atoms with Crippen molar-refractivity contribution in [2.75, 3.05) is 19.8 Å². The molecule has 2 aromatic carbocycles. The molecule has 5 rings (SSSR count). The van der Waals surface area contributed by atoms with Crippen LogP contribution in [0.4, 0.5) is 4.79 Å². The number of amides is 1. The van der Waals surface area contributed by atoms with Crippen LogP contribution in [0.15, 0.2) is 61.2 Å². The maximum Gasteiger partial charge on any atom is 0.407 e. The molecular weight excluding hydrogens is 414 g/mol. The van der Waals surface area contributed by atoms with Gasteiger partial charge in [0.15, 0.2) is 5.79 Å². The molecule has 0 aromatic heterocycles. The van der Waals surface area contributed by atoms with Gasteiger partial charge in [-0.05, 0) is 54.4 Å². The molecule has 0 unspecified atom stereocenters. The Labute approximate surface area is 196 Å². The van der Waals surface area contributed by atoms with Gasteiger partial charge in [-0.2, -0.15) is 0 Å². The molecule has 1 N–H and O–H groups in total. The van der Waals surface area contributed by atoms with Crippen molar-refractivity contribution < 1.29 is 19.0 Å². The molecule has 2 atom stereocenters. The molecule has 1 heterocycles. The van der Waals surface area contributed by atoms with Crippen LogP contribution in [-0.2, 0) is 14.2 Å². The van der Waals surface area contributed by atoms with E-state index in [0.717, 1.165) is 38.5 Å². The molecule has 1 saturated carbocycles. The van der Waals surface area contributed by atoms with Gasteiger partial charge in [-0.3, -0.25) is 0 Å². The van der Waals surface area contributed by atoms with E-state index >= 15 is 0 Å². The highest BCUT2D eigenvalue weighted by Gasteiger charge is 2.51. The number of allylic oxidation sites excluding steroid dienone is 1. The Kier molecular flexibility index (Phi) is 6.52. The number of carbonyl (C=O) groups is 1. The molecule has 1 saturated heterocycles. The van der Waals surface area contributed by atoms with Crippen LogP contribution in [0.1, 0.15) is 55.6 Å². The fourth-order valence-corrected chi connectivity index (χ4v) is 5.88. The molecule has 2 fully saturated rings. The zero-order valence-electron chi connectivity index (χ0n) is 19.1. The lowest BCUT2D eigenvalue weighted by atomic mass is 9.76. The summed E-state index contributed by atoms with van der Waals surface area (Å²) >= 11 is 0. The molecule has 2 aromatic rings. The summed E-state index contributed by atoms with van der Waals surface area (Å²) in [6, 6.07) is 16.5. The highest BCUT2D eigenvalue weighted by molar-refractivity contribution is 5.79. The molecule has 1 amide bonds. The topological polar surface area (TPSA) is 56.8 Å². The van der Waals surface area contributed by atoms with E-state index in [0.29, 0.717) is 19.8 Å². The maximum absolute atomic E-state index is 13.0. The van der Waals surface area contributed by atoms with Crippen molar-refractivity contribution in [3.63, 3.8) is 0 Å². The SMILES string of the molecule is C=CCC[C@H]1CCC[C@@H](NC(=O)OCC2c3ccccc3-c3ccccc32)C12OCCCO2. The number of hydrogen-bond acceptors (Lipinski definition) is 4. The quantitative estimate of drug-likeness (QED) is 0.569.